The van der Waals surface area contributed by atoms with E-state index in [1.54, 1.807) is 0 Å². The van der Waals surface area contributed by atoms with E-state index in [0.717, 1.165) is 85.1 Å². The van der Waals surface area contributed by atoms with E-state index >= 15 is 0 Å². The summed E-state index contributed by atoms with van der Waals surface area (Å²) >= 11 is 2.02. The summed E-state index contributed by atoms with van der Waals surface area (Å²) < 4.78 is 9.20. The van der Waals surface area contributed by atoms with Crippen molar-refractivity contribution in [3.8, 4) is 0 Å². The molecule has 6 saturated heterocycles. The molecule has 30 heavy (non-hydrogen) atoms. The van der Waals surface area contributed by atoms with Gasteiger partial charge in [-0.25, -0.2) is 9.73 Å². The second-order valence-corrected chi connectivity index (χ2v) is 10.1. The van der Waals surface area contributed by atoms with Gasteiger partial charge in [0.25, 0.3) is 0 Å². The fourth-order valence-electron chi connectivity index (χ4n) is 6.47. The van der Waals surface area contributed by atoms with E-state index in [9.17, 15) is 0 Å². The molecule has 0 spiro atoms. The summed E-state index contributed by atoms with van der Waals surface area (Å²) in [4.78, 5) is 9.14. The lowest BCUT2D eigenvalue weighted by atomic mass is 9.88. The second-order valence-electron chi connectivity index (χ2n) is 9.00. The predicted molar refractivity (Wildman–Crippen MR) is 114 cm³/mol. The van der Waals surface area contributed by atoms with Crippen LogP contribution in [-0.4, -0.2) is 120 Å². The summed E-state index contributed by atoms with van der Waals surface area (Å²) in [5, 5.41) is 14.6. The van der Waals surface area contributed by atoms with Crippen molar-refractivity contribution >= 4 is 11.9 Å². The molecule has 0 bridgehead atoms. The first-order valence-electron chi connectivity index (χ1n) is 11.8. The van der Waals surface area contributed by atoms with Crippen LogP contribution in [0.2, 0.25) is 0 Å². The van der Waals surface area contributed by atoms with Crippen LogP contribution in [0.4, 0.5) is 0 Å². The van der Waals surface area contributed by atoms with Crippen LogP contribution < -0.4 is 16.1 Å². The third-order valence-corrected chi connectivity index (χ3v) is 8.82. The van der Waals surface area contributed by atoms with Crippen molar-refractivity contribution in [3.05, 3.63) is 0 Å². The van der Waals surface area contributed by atoms with Crippen LogP contribution >= 0.6 is 11.9 Å². The lowest BCUT2D eigenvalue weighted by Crippen LogP contribution is -2.84. The van der Waals surface area contributed by atoms with Crippen LogP contribution in [0, 0.1) is 0 Å². The molecule has 6 rings (SSSR count). The van der Waals surface area contributed by atoms with E-state index in [4.69, 9.17) is 9.57 Å². The van der Waals surface area contributed by atoms with Crippen molar-refractivity contribution < 1.29 is 9.57 Å². The molecule has 0 aromatic heterocycles. The maximum atomic E-state index is 6.51. The monoisotopic (exact) mass is 440 g/mol. The van der Waals surface area contributed by atoms with E-state index in [1.165, 1.54) is 18.6 Å². The molecule has 6 fully saturated rings. The Bertz CT molecular complexity index is 567. The molecule has 11 heteroatoms. The average molecular weight is 441 g/mol. The Morgan fingerprint density at radius 3 is 2.60 bits per heavy atom. The predicted octanol–water partition coefficient (Wildman–Crippen LogP) is -0.990. The maximum absolute atomic E-state index is 6.51. The highest BCUT2D eigenvalue weighted by Crippen LogP contribution is 2.54. The Labute approximate surface area is 183 Å². The molecule has 0 radical (unpaired) electrons. The van der Waals surface area contributed by atoms with Gasteiger partial charge in [0.15, 0.2) is 5.66 Å². The van der Waals surface area contributed by atoms with Gasteiger partial charge in [-0.15, -0.1) is 0 Å². The molecule has 6 aliphatic rings. The van der Waals surface area contributed by atoms with Gasteiger partial charge >= 0.3 is 0 Å². The minimum atomic E-state index is -0.458. The van der Waals surface area contributed by atoms with Gasteiger partial charge in [0, 0.05) is 64.8 Å². The summed E-state index contributed by atoms with van der Waals surface area (Å²) in [5.74, 6) is 1.20. The zero-order chi connectivity index (χ0) is 20.0. The van der Waals surface area contributed by atoms with E-state index < -0.39 is 5.66 Å². The van der Waals surface area contributed by atoms with Crippen molar-refractivity contribution in [3.63, 3.8) is 0 Å². The second kappa shape index (κ2) is 8.38. The first-order valence-corrected chi connectivity index (χ1v) is 12.7. The van der Waals surface area contributed by atoms with Crippen molar-refractivity contribution in [2.45, 2.75) is 43.2 Å². The van der Waals surface area contributed by atoms with Crippen LogP contribution in [0.1, 0.15) is 25.7 Å². The van der Waals surface area contributed by atoms with Crippen molar-refractivity contribution in [2.75, 3.05) is 78.0 Å². The van der Waals surface area contributed by atoms with Gasteiger partial charge in [-0.3, -0.25) is 15.1 Å². The van der Waals surface area contributed by atoms with Gasteiger partial charge in [0.1, 0.15) is 11.9 Å². The molecule has 3 N–H and O–H groups in total. The number of rotatable bonds is 5. The van der Waals surface area contributed by atoms with Gasteiger partial charge in [-0.05, 0) is 25.7 Å². The Morgan fingerprint density at radius 2 is 1.93 bits per heavy atom. The topological polar surface area (TPSA) is 70.8 Å². The zero-order valence-corrected chi connectivity index (χ0v) is 18.7. The van der Waals surface area contributed by atoms with E-state index in [-0.39, 0.29) is 11.9 Å². The molecule has 3 unspecified atom stereocenters. The SMILES string of the molecule is C1CNN(N2CCC(N3CCNC3)(N3CCCS3)C2(C2NCCO2)N2CCCO2)C1. The molecule has 0 aromatic carbocycles. The molecule has 0 saturated carbocycles. The molecular formula is C19H36N8O2S. The first kappa shape index (κ1) is 20.5. The average Bonchev–Trinajstić information content (AvgIpc) is 3.62. The van der Waals surface area contributed by atoms with Crippen LogP contribution in [0.25, 0.3) is 0 Å². The quantitative estimate of drug-likeness (QED) is 0.462. The Balaban J connectivity index is 1.53. The number of hydrogen-bond acceptors (Lipinski definition) is 11. The molecule has 0 aromatic rings. The number of nitrogens with one attached hydrogen (secondary N) is 3. The molecule has 6 heterocycles. The third-order valence-electron chi connectivity index (χ3n) is 7.55. The fraction of sp³-hybridized carbons (Fsp3) is 1.00. The summed E-state index contributed by atoms with van der Waals surface area (Å²) in [6.07, 6.45) is 4.44. The highest BCUT2D eigenvalue weighted by atomic mass is 32.2. The Kier molecular flexibility index (Phi) is 5.74. The van der Waals surface area contributed by atoms with Crippen LogP contribution in [0.15, 0.2) is 0 Å². The van der Waals surface area contributed by atoms with Gasteiger partial charge in [-0.2, -0.15) is 15.2 Å². The summed E-state index contributed by atoms with van der Waals surface area (Å²) in [6.45, 7) is 10.6. The van der Waals surface area contributed by atoms with Crippen LogP contribution in [-0.2, 0) is 9.57 Å². The van der Waals surface area contributed by atoms with Gasteiger partial charge in [-0.1, -0.05) is 11.9 Å². The van der Waals surface area contributed by atoms with E-state index in [2.05, 4.69) is 40.5 Å². The van der Waals surface area contributed by atoms with Gasteiger partial charge in [0.2, 0.25) is 0 Å². The Morgan fingerprint density at radius 1 is 0.933 bits per heavy atom. The smallest absolute Gasteiger partial charge is 0.184 e. The van der Waals surface area contributed by atoms with Gasteiger partial charge in [0.05, 0.1) is 13.2 Å². The lowest BCUT2D eigenvalue weighted by Gasteiger charge is -2.61. The van der Waals surface area contributed by atoms with E-state index in [1.807, 2.05) is 11.9 Å². The van der Waals surface area contributed by atoms with Crippen molar-refractivity contribution in [2.24, 2.45) is 0 Å². The summed E-state index contributed by atoms with van der Waals surface area (Å²) in [5.41, 5.74) is 3.00. The summed E-state index contributed by atoms with van der Waals surface area (Å²) in [7, 11) is 0. The molecular weight excluding hydrogens is 404 g/mol. The maximum Gasteiger partial charge on any atom is 0.184 e. The molecule has 10 nitrogen and oxygen atoms in total. The normalized spacial score (nSPS) is 43.0. The third kappa shape index (κ3) is 2.88. The lowest BCUT2D eigenvalue weighted by molar-refractivity contribution is -0.344. The van der Waals surface area contributed by atoms with Gasteiger partial charge < -0.3 is 10.1 Å². The standard InChI is InChI=1S/C19H36N8O2S/c1-5-22-27(10-1)24-11-4-18(23-12-6-20-16-23,26-9-3-15-30-26)19(24,17-21-7-14-28-17)25-8-2-13-29-25/h17,20-22H,1-16H2. The van der Waals surface area contributed by atoms with E-state index in [0.29, 0.717) is 0 Å². The molecule has 170 valence electrons. The van der Waals surface area contributed by atoms with Crippen LogP contribution in [0.3, 0.4) is 0 Å². The first-order chi connectivity index (χ1) is 14.9. The summed E-state index contributed by atoms with van der Waals surface area (Å²) in [6, 6.07) is 0. The van der Waals surface area contributed by atoms with Crippen molar-refractivity contribution in [1.29, 1.82) is 0 Å². The number of hydroxylamine groups is 2. The molecule has 3 atom stereocenters. The number of ether oxygens (including phenoxy) is 1. The highest BCUT2D eigenvalue weighted by molar-refractivity contribution is 7.97. The zero-order valence-electron chi connectivity index (χ0n) is 17.9. The van der Waals surface area contributed by atoms with Crippen molar-refractivity contribution in [1.82, 2.24) is 40.5 Å². The fourth-order valence-corrected chi connectivity index (χ4v) is 7.77. The Hall–Kier alpha value is -0.0500. The minimum absolute atomic E-state index is 0.109. The molecule has 0 amide bonds. The number of nitrogens with zero attached hydrogens (tertiary/aromatic N) is 5. The largest absolute Gasteiger partial charge is 0.358 e. The molecule has 6 aliphatic heterocycles. The van der Waals surface area contributed by atoms with Crippen LogP contribution in [0.5, 0.6) is 0 Å². The number of hydrogen-bond donors (Lipinski definition) is 3. The minimum Gasteiger partial charge on any atom is -0.358 e. The molecule has 0 aliphatic carbocycles. The number of hydrazine groups is 2. The highest BCUT2D eigenvalue weighted by Gasteiger charge is 2.74.